The van der Waals surface area contributed by atoms with Crippen LogP contribution < -0.4 is 14.8 Å². The van der Waals surface area contributed by atoms with E-state index < -0.39 is 9.84 Å². The minimum atomic E-state index is -3.22. The van der Waals surface area contributed by atoms with Crippen LogP contribution >= 0.6 is 0 Å². The lowest BCUT2D eigenvalue weighted by molar-refractivity contribution is 0.297. The van der Waals surface area contributed by atoms with E-state index in [1.807, 2.05) is 24.3 Å². The maximum Gasteiger partial charge on any atom is 0.179 e. The zero-order valence-corrected chi connectivity index (χ0v) is 14.9. The predicted molar refractivity (Wildman–Crippen MR) is 97.1 cm³/mol. The molecular formula is C19H23NO4S. The fourth-order valence-electron chi connectivity index (χ4n) is 2.67. The van der Waals surface area contributed by atoms with Gasteiger partial charge in [-0.3, -0.25) is 0 Å². The normalized spacial score (nSPS) is 14.1. The molecule has 1 heterocycles. The van der Waals surface area contributed by atoms with E-state index in [4.69, 9.17) is 9.47 Å². The molecule has 3 rings (SSSR count). The molecule has 0 aromatic heterocycles. The van der Waals surface area contributed by atoms with E-state index in [1.165, 1.54) is 0 Å². The summed E-state index contributed by atoms with van der Waals surface area (Å²) >= 11 is 0. The molecule has 2 aromatic carbocycles. The van der Waals surface area contributed by atoms with Gasteiger partial charge in [-0.05, 0) is 42.8 Å². The van der Waals surface area contributed by atoms with E-state index in [1.54, 1.807) is 24.3 Å². The van der Waals surface area contributed by atoms with Gasteiger partial charge in [-0.25, -0.2) is 8.42 Å². The predicted octanol–water partition coefficient (Wildman–Crippen LogP) is 2.45. The van der Waals surface area contributed by atoms with Crippen molar-refractivity contribution in [3.05, 3.63) is 54.1 Å². The maximum absolute atomic E-state index is 12.2. The second-order valence-corrected chi connectivity index (χ2v) is 8.07. The quantitative estimate of drug-likeness (QED) is 0.768. The molecule has 0 fully saturated rings. The van der Waals surface area contributed by atoms with Crippen LogP contribution in [-0.4, -0.2) is 40.5 Å². The summed E-state index contributed by atoms with van der Waals surface area (Å²) in [4.78, 5) is 0.375. The molecule has 2 aromatic rings. The smallest absolute Gasteiger partial charge is 0.179 e. The summed E-state index contributed by atoms with van der Waals surface area (Å²) in [5, 5.41) is 3.20. The Kier molecular flexibility index (Phi) is 5.94. The van der Waals surface area contributed by atoms with Crippen molar-refractivity contribution in [2.45, 2.75) is 17.7 Å². The highest BCUT2D eigenvalue weighted by Crippen LogP contribution is 2.30. The van der Waals surface area contributed by atoms with Crippen LogP contribution in [0, 0.1) is 0 Å². The first-order valence-electron chi connectivity index (χ1n) is 8.52. The summed E-state index contributed by atoms with van der Waals surface area (Å²) in [6.45, 7) is 2.50. The zero-order valence-electron chi connectivity index (χ0n) is 14.1. The molecule has 0 amide bonds. The highest BCUT2D eigenvalue weighted by Gasteiger charge is 2.13. The molecule has 1 N–H and O–H groups in total. The zero-order chi connectivity index (χ0) is 17.5. The Labute approximate surface area is 148 Å². The van der Waals surface area contributed by atoms with E-state index in [0.717, 1.165) is 29.9 Å². The molecule has 0 spiro atoms. The van der Waals surface area contributed by atoms with Gasteiger partial charge in [0.15, 0.2) is 21.3 Å². The number of rotatable bonds is 7. The third kappa shape index (κ3) is 4.96. The molecule has 0 saturated heterocycles. The first-order chi connectivity index (χ1) is 12.1. The summed E-state index contributed by atoms with van der Waals surface area (Å²) in [6, 6.07) is 14.5. The SMILES string of the molecule is O=S(=O)(CCNCCc1ccc2c(c1)OCCCO2)c1ccccc1. The largest absolute Gasteiger partial charge is 0.490 e. The fraction of sp³-hybridized carbons (Fsp3) is 0.368. The van der Waals surface area contributed by atoms with Crippen LogP contribution in [0.2, 0.25) is 0 Å². The van der Waals surface area contributed by atoms with Gasteiger partial charge in [0.25, 0.3) is 0 Å². The molecular weight excluding hydrogens is 338 g/mol. The summed E-state index contributed by atoms with van der Waals surface area (Å²) in [5.41, 5.74) is 1.14. The highest BCUT2D eigenvalue weighted by molar-refractivity contribution is 7.91. The van der Waals surface area contributed by atoms with E-state index >= 15 is 0 Å². The van der Waals surface area contributed by atoms with E-state index in [2.05, 4.69) is 5.32 Å². The average molecular weight is 361 g/mol. The summed E-state index contributed by atoms with van der Waals surface area (Å²) in [6.07, 6.45) is 1.70. The van der Waals surface area contributed by atoms with Gasteiger partial charge >= 0.3 is 0 Å². The van der Waals surface area contributed by atoms with Crippen LogP contribution in [0.5, 0.6) is 11.5 Å². The summed E-state index contributed by atoms with van der Waals surface area (Å²) < 4.78 is 35.7. The van der Waals surface area contributed by atoms with Crippen molar-refractivity contribution in [3.8, 4) is 11.5 Å². The fourth-order valence-corrected chi connectivity index (χ4v) is 3.89. The lowest BCUT2D eigenvalue weighted by Gasteiger charge is -2.10. The summed E-state index contributed by atoms with van der Waals surface area (Å²) in [7, 11) is -3.22. The van der Waals surface area contributed by atoms with E-state index in [0.29, 0.717) is 31.2 Å². The van der Waals surface area contributed by atoms with E-state index in [-0.39, 0.29) is 5.75 Å². The Morgan fingerprint density at radius 2 is 1.68 bits per heavy atom. The second kappa shape index (κ2) is 8.36. The van der Waals surface area contributed by atoms with Crippen molar-refractivity contribution in [3.63, 3.8) is 0 Å². The molecule has 0 radical (unpaired) electrons. The Morgan fingerprint density at radius 1 is 0.920 bits per heavy atom. The molecule has 0 unspecified atom stereocenters. The standard InChI is InChI=1S/C19H23NO4S/c21-25(22,17-5-2-1-3-6-17)14-11-20-10-9-16-7-8-18-19(15-16)24-13-4-12-23-18/h1-3,5-8,15,20H,4,9-14H2. The highest BCUT2D eigenvalue weighted by atomic mass is 32.2. The van der Waals surface area contributed by atoms with Crippen molar-refractivity contribution in [1.29, 1.82) is 0 Å². The average Bonchev–Trinajstić information content (AvgIpc) is 2.87. The number of nitrogens with one attached hydrogen (secondary N) is 1. The lowest BCUT2D eigenvalue weighted by atomic mass is 10.1. The molecule has 0 bridgehead atoms. The molecule has 1 aliphatic heterocycles. The lowest BCUT2D eigenvalue weighted by Crippen LogP contribution is -2.25. The van der Waals surface area contributed by atoms with Gasteiger partial charge in [-0.15, -0.1) is 0 Å². The minimum Gasteiger partial charge on any atom is -0.490 e. The molecule has 25 heavy (non-hydrogen) atoms. The first kappa shape index (κ1) is 17.8. The maximum atomic E-state index is 12.2. The third-order valence-electron chi connectivity index (χ3n) is 4.05. The number of sulfone groups is 1. The molecule has 134 valence electrons. The Morgan fingerprint density at radius 3 is 2.48 bits per heavy atom. The van der Waals surface area contributed by atoms with Crippen molar-refractivity contribution < 1.29 is 17.9 Å². The number of ether oxygens (including phenoxy) is 2. The number of hydrogen-bond donors (Lipinski definition) is 1. The van der Waals surface area contributed by atoms with Gasteiger partial charge in [0, 0.05) is 13.0 Å². The molecule has 0 aliphatic carbocycles. The summed E-state index contributed by atoms with van der Waals surface area (Å²) in [5.74, 6) is 1.68. The van der Waals surface area contributed by atoms with Gasteiger partial charge < -0.3 is 14.8 Å². The van der Waals surface area contributed by atoms with Crippen molar-refractivity contribution in [1.82, 2.24) is 5.32 Å². The van der Waals surface area contributed by atoms with Crippen LogP contribution in [-0.2, 0) is 16.3 Å². The van der Waals surface area contributed by atoms with Crippen molar-refractivity contribution >= 4 is 9.84 Å². The van der Waals surface area contributed by atoms with Crippen LogP contribution in [0.1, 0.15) is 12.0 Å². The van der Waals surface area contributed by atoms with Crippen LogP contribution in [0.15, 0.2) is 53.4 Å². The van der Waals surface area contributed by atoms with Gasteiger partial charge in [0.1, 0.15) is 0 Å². The second-order valence-electron chi connectivity index (χ2n) is 5.96. The van der Waals surface area contributed by atoms with Crippen molar-refractivity contribution in [2.24, 2.45) is 0 Å². The van der Waals surface area contributed by atoms with E-state index in [9.17, 15) is 8.42 Å². The molecule has 6 heteroatoms. The van der Waals surface area contributed by atoms with Crippen LogP contribution in [0.3, 0.4) is 0 Å². The monoisotopic (exact) mass is 361 g/mol. The third-order valence-corrected chi connectivity index (χ3v) is 5.78. The molecule has 5 nitrogen and oxygen atoms in total. The molecule has 1 aliphatic rings. The van der Waals surface area contributed by atoms with Gasteiger partial charge in [-0.2, -0.15) is 0 Å². The molecule has 0 atom stereocenters. The Balaban J connectivity index is 1.45. The van der Waals surface area contributed by atoms with Crippen LogP contribution in [0.4, 0.5) is 0 Å². The number of hydrogen-bond acceptors (Lipinski definition) is 5. The molecule has 0 saturated carbocycles. The Bertz CT molecular complexity index is 790. The topological polar surface area (TPSA) is 64.6 Å². The number of fused-ring (bicyclic) bond motifs is 1. The van der Waals surface area contributed by atoms with Gasteiger partial charge in [-0.1, -0.05) is 24.3 Å². The van der Waals surface area contributed by atoms with Crippen LogP contribution in [0.25, 0.3) is 0 Å². The number of benzene rings is 2. The Hall–Kier alpha value is -2.05. The van der Waals surface area contributed by atoms with Crippen molar-refractivity contribution in [2.75, 3.05) is 32.1 Å². The van der Waals surface area contributed by atoms with Gasteiger partial charge in [0.05, 0.1) is 23.9 Å². The minimum absolute atomic E-state index is 0.0954. The first-order valence-corrected chi connectivity index (χ1v) is 10.2. The van der Waals surface area contributed by atoms with Gasteiger partial charge in [0.2, 0.25) is 0 Å².